The number of rotatable bonds is 17. The number of carbonyl (C=O) groups is 3. The molecule has 2 amide bonds. The summed E-state index contributed by atoms with van der Waals surface area (Å²) in [6, 6.07) is 0.0387. The highest BCUT2D eigenvalue weighted by Gasteiger charge is 2.39. The van der Waals surface area contributed by atoms with Gasteiger partial charge in [-0.1, -0.05) is 13.2 Å². The topological polar surface area (TPSA) is 121 Å². The minimum Gasteiger partial charge on any atom is -0.460 e. The molecule has 0 aliphatic carbocycles. The maximum Gasteiger partial charge on any atom is 0.500 e. The van der Waals surface area contributed by atoms with Crippen LogP contribution in [0.25, 0.3) is 0 Å². The van der Waals surface area contributed by atoms with Gasteiger partial charge in [0.1, 0.15) is 18.8 Å². The number of hydrogen-bond acceptors (Lipinski definition) is 8. The molecule has 0 aromatic heterocycles. The molecule has 0 unspecified atom stereocenters. The zero-order valence-electron chi connectivity index (χ0n) is 19.0. The van der Waals surface area contributed by atoms with Crippen LogP contribution >= 0.6 is 0 Å². The molecule has 0 heterocycles. The van der Waals surface area contributed by atoms with Crippen LogP contribution in [-0.2, 0) is 32.3 Å². The number of amides is 2. The minimum absolute atomic E-state index is 0.218. The third kappa shape index (κ3) is 12.3. The Bertz CT molecular complexity index is 559. The quantitative estimate of drug-likeness (QED) is 0.146. The van der Waals surface area contributed by atoms with E-state index in [0.29, 0.717) is 38.8 Å². The lowest BCUT2D eigenvalue weighted by Gasteiger charge is -2.30. The van der Waals surface area contributed by atoms with E-state index in [1.165, 1.54) is 0 Å². The Hall–Kier alpha value is -2.21. The van der Waals surface area contributed by atoms with Crippen molar-refractivity contribution in [3.05, 3.63) is 25.3 Å². The van der Waals surface area contributed by atoms with Crippen LogP contribution in [0.15, 0.2) is 25.3 Å². The molecule has 2 N–H and O–H groups in total. The van der Waals surface area contributed by atoms with Gasteiger partial charge >= 0.3 is 26.8 Å². The number of carbonyl (C=O) groups excluding carboxylic acids is 3. The van der Waals surface area contributed by atoms with Gasteiger partial charge in [-0.05, 0) is 34.1 Å². The number of nitrogens with one attached hydrogen (secondary N) is 2. The molecule has 0 saturated heterocycles. The lowest BCUT2D eigenvalue weighted by atomic mass is 10.1. The molecule has 0 aromatic rings. The van der Waals surface area contributed by atoms with E-state index in [-0.39, 0.29) is 13.2 Å². The van der Waals surface area contributed by atoms with Gasteiger partial charge in [-0.2, -0.15) is 0 Å². The van der Waals surface area contributed by atoms with Gasteiger partial charge in [-0.15, -0.1) is 0 Å². The summed E-state index contributed by atoms with van der Waals surface area (Å²) in [6.07, 6.45) is 2.58. The van der Waals surface area contributed by atoms with Crippen molar-refractivity contribution in [2.45, 2.75) is 45.7 Å². The maximum atomic E-state index is 12.4. The van der Waals surface area contributed by atoms with Crippen LogP contribution in [-0.4, -0.2) is 71.9 Å². The van der Waals surface area contributed by atoms with Gasteiger partial charge in [-0.25, -0.2) is 14.4 Å². The highest BCUT2D eigenvalue weighted by molar-refractivity contribution is 6.60. The molecule has 11 heteroatoms. The van der Waals surface area contributed by atoms with Crippen molar-refractivity contribution in [2.24, 2.45) is 0 Å². The smallest absolute Gasteiger partial charge is 0.460 e. The van der Waals surface area contributed by atoms with E-state index >= 15 is 0 Å². The molecule has 0 rings (SSSR count). The van der Waals surface area contributed by atoms with Crippen LogP contribution in [0.2, 0.25) is 6.04 Å². The molecule has 0 aliphatic rings. The van der Waals surface area contributed by atoms with Crippen molar-refractivity contribution in [1.29, 1.82) is 0 Å². The summed E-state index contributed by atoms with van der Waals surface area (Å²) in [5.74, 6) is -1.32. The SMILES string of the molecule is C=CC(=O)OCC(C)(COC(=O)C=C)NC(=O)NCCC[Si](OCC)(OCC)OCC. The molecule has 0 aromatic carbocycles. The Kier molecular flexibility index (Phi) is 14.5. The van der Waals surface area contributed by atoms with Crippen molar-refractivity contribution in [2.75, 3.05) is 39.6 Å². The summed E-state index contributed by atoms with van der Waals surface area (Å²) < 4.78 is 27.4. The summed E-state index contributed by atoms with van der Waals surface area (Å²) in [5, 5.41) is 5.39. The van der Waals surface area contributed by atoms with Crippen LogP contribution in [0.3, 0.4) is 0 Å². The summed E-state index contributed by atoms with van der Waals surface area (Å²) in [6.45, 7) is 15.2. The first-order valence-electron chi connectivity index (χ1n) is 10.3. The highest BCUT2D eigenvalue weighted by Crippen LogP contribution is 2.17. The van der Waals surface area contributed by atoms with E-state index in [9.17, 15) is 14.4 Å². The second-order valence-corrected chi connectivity index (χ2v) is 9.38. The molecule has 31 heavy (non-hydrogen) atoms. The fourth-order valence-electron chi connectivity index (χ4n) is 2.52. The molecule has 0 saturated carbocycles. The van der Waals surface area contributed by atoms with Gasteiger partial charge < -0.3 is 33.4 Å². The predicted octanol–water partition coefficient (Wildman–Crippen LogP) is 1.94. The summed E-state index contributed by atoms with van der Waals surface area (Å²) in [7, 11) is -2.78. The third-order valence-corrected chi connectivity index (χ3v) is 7.00. The predicted molar refractivity (Wildman–Crippen MR) is 117 cm³/mol. The zero-order valence-corrected chi connectivity index (χ0v) is 20.0. The molecule has 0 bridgehead atoms. The van der Waals surface area contributed by atoms with Crippen molar-refractivity contribution in [3.8, 4) is 0 Å². The Labute approximate surface area is 185 Å². The Morgan fingerprint density at radius 1 is 0.903 bits per heavy atom. The maximum absolute atomic E-state index is 12.4. The van der Waals surface area contributed by atoms with Crippen LogP contribution < -0.4 is 10.6 Å². The Morgan fingerprint density at radius 2 is 1.35 bits per heavy atom. The number of urea groups is 1. The standard InChI is InChI=1S/C20H36N2O8Si/c1-7-17(23)26-15-20(6,16-27-18(24)8-2)22-19(25)21-13-12-14-31(28-9-3,29-10-4)30-11-5/h7-8H,1-2,9-16H2,3-6H3,(H2,21,22,25). The van der Waals surface area contributed by atoms with E-state index in [1.54, 1.807) is 6.92 Å². The fourth-order valence-corrected chi connectivity index (χ4v) is 5.13. The van der Waals surface area contributed by atoms with Crippen molar-refractivity contribution >= 4 is 26.8 Å². The molecule has 178 valence electrons. The Morgan fingerprint density at radius 3 is 1.74 bits per heavy atom. The van der Waals surface area contributed by atoms with Gasteiger partial charge in [0.05, 0.1) is 0 Å². The average Bonchev–Trinajstić information content (AvgIpc) is 2.74. The number of ether oxygens (including phenoxy) is 2. The molecule has 0 aliphatic heterocycles. The number of hydrogen-bond donors (Lipinski definition) is 2. The van der Waals surface area contributed by atoms with Crippen molar-refractivity contribution in [3.63, 3.8) is 0 Å². The van der Waals surface area contributed by atoms with Gasteiger partial charge in [0.15, 0.2) is 0 Å². The van der Waals surface area contributed by atoms with E-state index in [0.717, 1.165) is 12.2 Å². The first-order valence-corrected chi connectivity index (χ1v) is 12.2. The first-order chi connectivity index (χ1) is 14.7. The van der Waals surface area contributed by atoms with Gasteiger partial charge in [0.2, 0.25) is 0 Å². The fraction of sp³-hybridized carbons (Fsp3) is 0.650. The van der Waals surface area contributed by atoms with Crippen LogP contribution in [0.5, 0.6) is 0 Å². The van der Waals surface area contributed by atoms with Gasteiger partial charge in [0, 0.05) is 44.6 Å². The van der Waals surface area contributed by atoms with Crippen molar-refractivity contribution in [1.82, 2.24) is 10.6 Å². The Balaban J connectivity index is 4.80. The lowest BCUT2D eigenvalue weighted by molar-refractivity contribution is -0.144. The van der Waals surface area contributed by atoms with E-state index in [2.05, 4.69) is 23.8 Å². The van der Waals surface area contributed by atoms with E-state index in [4.69, 9.17) is 22.8 Å². The van der Waals surface area contributed by atoms with Crippen LogP contribution in [0.1, 0.15) is 34.1 Å². The van der Waals surface area contributed by atoms with Crippen molar-refractivity contribution < 1.29 is 37.1 Å². The zero-order chi connectivity index (χ0) is 23.8. The molecule has 10 nitrogen and oxygen atoms in total. The molecule has 0 fully saturated rings. The first kappa shape index (κ1) is 28.8. The van der Waals surface area contributed by atoms with Gasteiger partial charge in [-0.3, -0.25) is 0 Å². The van der Waals surface area contributed by atoms with Crippen LogP contribution in [0, 0.1) is 0 Å². The molecular weight excluding hydrogens is 424 g/mol. The average molecular weight is 461 g/mol. The summed E-state index contributed by atoms with van der Waals surface area (Å²) >= 11 is 0. The van der Waals surface area contributed by atoms with Crippen LogP contribution in [0.4, 0.5) is 4.79 Å². The molecule has 0 atom stereocenters. The molecular formula is C20H36N2O8Si. The second-order valence-electron chi connectivity index (χ2n) is 6.65. The highest BCUT2D eigenvalue weighted by atomic mass is 28.4. The summed E-state index contributed by atoms with van der Waals surface area (Å²) in [4.78, 5) is 35.1. The number of esters is 2. The third-order valence-electron chi connectivity index (χ3n) is 3.85. The normalized spacial score (nSPS) is 11.4. The monoisotopic (exact) mass is 460 g/mol. The van der Waals surface area contributed by atoms with E-state index in [1.807, 2.05) is 20.8 Å². The van der Waals surface area contributed by atoms with Gasteiger partial charge in [0.25, 0.3) is 0 Å². The molecule has 0 radical (unpaired) electrons. The largest absolute Gasteiger partial charge is 0.500 e. The van der Waals surface area contributed by atoms with E-state index < -0.39 is 32.3 Å². The summed E-state index contributed by atoms with van der Waals surface area (Å²) in [5.41, 5.74) is -1.15. The minimum atomic E-state index is -2.78. The second kappa shape index (κ2) is 15.6. The lowest BCUT2D eigenvalue weighted by Crippen LogP contribution is -2.56. The molecule has 0 spiro atoms.